The maximum atomic E-state index is 13.4. The van der Waals surface area contributed by atoms with Crippen molar-refractivity contribution in [1.82, 2.24) is 0 Å². The molecular formula is C20H22F4N2O5S. The van der Waals surface area contributed by atoms with Gasteiger partial charge >= 0.3 is 12.1 Å². The Kier molecular flexibility index (Phi) is 7.94. The van der Waals surface area contributed by atoms with Crippen LogP contribution in [0.2, 0.25) is 0 Å². The number of benzene rings is 2. The summed E-state index contributed by atoms with van der Waals surface area (Å²) in [6, 6.07) is 5.89. The second-order valence-electron chi connectivity index (χ2n) is 6.45. The normalized spacial score (nSPS) is 13.4. The third-order valence-corrected chi connectivity index (χ3v) is 6.04. The van der Waals surface area contributed by atoms with Crippen LogP contribution in [0.4, 0.5) is 28.9 Å². The monoisotopic (exact) mass is 478 g/mol. The molecular weight excluding hydrogens is 456 g/mol. The van der Waals surface area contributed by atoms with Crippen LogP contribution in [0.3, 0.4) is 0 Å². The molecule has 0 saturated carbocycles. The van der Waals surface area contributed by atoms with Crippen molar-refractivity contribution in [3.05, 3.63) is 47.8 Å². The molecule has 0 aliphatic carbocycles. The summed E-state index contributed by atoms with van der Waals surface area (Å²) in [5.41, 5.74) is 4.39. The number of carbonyl (C=O) groups is 1. The summed E-state index contributed by atoms with van der Waals surface area (Å²) >= 11 is 0. The molecule has 1 aliphatic rings. The number of nitrogens with zero attached hydrogens (tertiary/aromatic N) is 1. The molecule has 3 rings (SSSR count). The maximum absolute atomic E-state index is 13.4. The Morgan fingerprint density at radius 1 is 1.19 bits per heavy atom. The van der Waals surface area contributed by atoms with E-state index in [9.17, 15) is 30.8 Å². The van der Waals surface area contributed by atoms with Gasteiger partial charge in [-0.05, 0) is 43.3 Å². The first-order chi connectivity index (χ1) is 14.9. The molecule has 0 atom stereocenters. The second-order valence-corrected chi connectivity index (χ2v) is 8.31. The van der Waals surface area contributed by atoms with Crippen molar-refractivity contribution >= 4 is 27.4 Å². The van der Waals surface area contributed by atoms with Crippen molar-refractivity contribution in [3.8, 4) is 5.75 Å². The van der Waals surface area contributed by atoms with E-state index in [0.717, 1.165) is 10.4 Å². The highest BCUT2D eigenvalue weighted by Gasteiger charge is 2.37. The van der Waals surface area contributed by atoms with Crippen LogP contribution in [0.15, 0.2) is 41.3 Å². The Balaban J connectivity index is 0.000000451. The SMILES string of the molecule is CCOC(=O)CC.Nc1ccc2c(c1)N(S(=O)(=O)c1ccc(F)c(C(F)(F)F)c1)CCO2. The minimum Gasteiger partial charge on any atom is -0.489 e. The van der Waals surface area contributed by atoms with Crippen molar-refractivity contribution in [2.45, 2.75) is 31.3 Å². The van der Waals surface area contributed by atoms with Gasteiger partial charge in [0, 0.05) is 12.1 Å². The number of rotatable bonds is 4. The first-order valence-electron chi connectivity index (χ1n) is 9.49. The van der Waals surface area contributed by atoms with Crippen LogP contribution in [-0.2, 0) is 25.7 Å². The van der Waals surface area contributed by atoms with Gasteiger partial charge in [0.25, 0.3) is 10.0 Å². The van der Waals surface area contributed by atoms with Gasteiger partial charge in [0.2, 0.25) is 0 Å². The molecule has 12 heteroatoms. The Morgan fingerprint density at radius 3 is 2.44 bits per heavy atom. The molecule has 32 heavy (non-hydrogen) atoms. The molecule has 176 valence electrons. The van der Waals surface area contributed by atoms with E-state index >= 15 is 0 Å². The third kappa shape index (κ3) is 5.81. The van der Waals surface area contributed by atoms with E-state index in [1.165, 1.54) is 18.2 Å². The maximum Gasteiger partial charge on any atom is 0.419 e. The van der Waals surface area contributed by atoms with Crippen LogP contribution < -0.4 is 14.8 Å². The fourth-order valence-corrected chi connectivity index (χ4v) is 4.21. The van der Waals surface area contributed by atoms with Gasteiger partial charge in [-0.3, -0.25) is 9.10 Å². The topological polar surface area (TPSA) is 98.9 Å². The number of nitrogen functional groups attached to an aromatic ring is 1. The number of anilines is 2. The Labute approximate surface area is 182 Å². The molecule has 0 unspecified atom stereocenters. The van der Waals surface area contributed by atoms with Crippen LogP contribution in [0, 0.1) is 5.82 Å². The number of esters is 1. The van der Waals surface area contributed by atoms with Gasteiger partial charge in [0.05, 0.1) is 29.3 Å². The van der Waals surface area contributed by atoms with E-state index in [4.69, 9.17) is 10.5 Å². The van der Waals surface area contributed by atoms with Crippen molar-refractivity contribution in [2.75, 3.05) is 29.8 Å². The highest BCUT2D eigenvalue weighted by atomic mass is 32.2. The van der Waals surface area contributed by atoms with Gasteiger partial charge in [-0.25, -0.2) is 12.8 Å². The van der Waals surface area contributed by atoms with Crippen LogP contribution in [0.25, 0.3) is 0 Å². The van der Waals surface area contributed by atoms with Crippen LogP contribution >= 0.6 is 0 Å². The van der Waals surface area contributed by atoms with Gasteiger partial charge in [-0.2, -0.15) is 13.2 Å². The molecule has 0 aromatic heterocycles. The van der Waals surface area contributed by atoms with E-state index in [1.54, 1.807) is 13.8 Å². The molecule has 2 aromatic carbocycles. The highest BCUT2D eigenvalue weighted by molar-refractivity contribution is 7.92. The molecule has 0 fully saturated rings. The number of hydrogen-bond donors (Lipinski definition) is 1. The number of nitrogens with two attached hydrogens (primary N) is 1. The van der Waals surface area contributed by atoms with Gasteiger partial charge in [-0.15, -0.1) is 0 Å². The molecule has 2 aromatic rings. The van der Waals surface area contributed by atoms with Crippen molar-refractivity contribution < 1.29 is 40.2 Å². The lowest BCUT2D eigenvalue weighted by Gasteiger charge is -2.30. The van der Waals surface area contributed by atoms with E-state index in [0.29, 0.717) is 19.1 Å². The summed E-state index contributed by atoms with van der Waals surface area (Å²) < 4.78 is 88.4. The summed E-state index contributed by atoms with van der Waals surface area (Å²) in [4.78, 5) is 9.52. The number of fused-ring (bicyclic) bond motifs is 1. The zero-order chi connectivity index (χ0) is 24.1. The largest absolute Gasteiger partial charge is 0.489 e. The lowest BCUT2D eigenvalue weighted by atomic mass is 10.2. The van der Waals surface area contributed by atoms with Gasteiger partial charge in [0.1, 0.15) is 18.2 Å². The van der Waals surface area contributed by atoms with Crippen LogP contribution in [0.5, 0.6) is 5.75 Å². The molecule has 0 saturated heterocycles. The van der Waals surface area contributed by atoms with Crippen LogP contribution in [0.1, 0.15) is 25.8 Å². The third-order valence-electron chi connectivity index (χ3n) is 4.23. The predicted molar refractivity (Wildman–Crippen MR) is 109 cm³/mol. The fourth-order valence-electron chi connectivity index (χ4n) is 2.73. The summed E-state index contributed by atoms with van der Waals surface area (Å²) in [6.45, 7) is 3.97. The van der Waals surface area contributed by atoms with Crippen molar-refractivity contribution in [2.24, 2.45) is 0 Å². The average Bonchev–Trinajstić information content (AvgIpc) is 2.73. The first kappa shape index (κ1) is 25.2. The smallest absolute Gasteiger partial charge is 0.419 e. The zero-order valence-electron chi connectivity index (χ0n) is 17.3. The summed E-state index contributed by atoms with van der Waals surface area (Å²) in [5, 5.41) is 0. The number of ether oxygens (including phenoxy) is 2. The number of sulfonamides is 1. The quantitative estimate of drug-likeness (QED) is 0.406. The van der Waals surface area contributed by atoms with E-state index in [1.807, 2.05) is 0 Å². The van der Waals surface area contributed by atoms with Gasteiger partial charge < -0.3 is 15.2 Å². The molecule has 0 radical (unpaired) electrons. The fraction of sp³-hybridized carbons (Fsp3) is 0.350. The molecule has 7 nitrogen and oxygen atoms in total. The second kappa shape index (κ2) is 10.1. The lowest BCUT2D eigenvalue weighted by Crippen LogP contribution is -2.38. The molecule has 1 heterocycles. The molecule has 0 bridgehead atoms. The minimum absolute atomic E-state index is 0.0173. The average molecular weight is 478 g/mol. The van der Waals surface area contributed by atoms with Crippen molar-refractivity contribution in [1.29, 1.82) is 0 Å². The predicted octanol–water partition coefficient (Wildman–Crippen LogP) is 3.97. The number of alkyl halides is 3. The first-order valence-corrected chi connectivity index (χ1v) is 10.9. The number of hydrogen-bond acceptors (Lipinski definition) is 6. The molecule has 0 spiro atoms. The number of carbonyl (C=O) groups excluding carboxylic acids is 1. The standard InChI is InChI=1S/C15H12F4N2O3S.C5H10O2/c16-12-3-2-10(8-11(12)15(17,18)19)25(22,23)21-5-6-24-14-4-1-9(20)7-13(14)21;1-3-5(6)7-4-2/h1-4,7-8H,5-6,20H2;3-4H2,1-2H3. The summed E-state index contributed by atoms with van der Waals surface area (Å²) in [7, 11) is -4.36. The van der Waals surface area contributed by atoms with E-state index in [-0.39, 0.29) is 42.3 Å². The van der Waals surface area contributed by atoms with Gasteiger partial charge in [0.15, 0.2) is 0 Å². The van der Waals surface area contributed by atoms with Gasteiger partial charge in [-0.1, -0.05) is 6.92 Å². The highest BCUT2D eigenvalue weighted by Crippen LogP contribution is 2.38. The zero-order valence-corrected chi connectivity index (χ0v) is 18.1. The Bertz CT molecular complexity index is 1070. The molecule has 1 aliphatic heterocycles. The molecule has 2 N–H and O–H groups in total. The Morgan fingerprint density at radius 2 is 1.88 bits per heavy atom. The van der Waals surface area contributed by atoms with E-state index < -0.39 is 32.5 Å². The molecule has 0 amide bonds. The number of halogens is 4. The minimum atomic E-state index is -5.01. The van der Waals surface area contributed by atoms with E-state index in [2.05, 4.69) is 4.74 Å². The summed E-state index contributed by atoms with van der Waals surface area (Å²) in [6.07, 6.45) is -4.53. The lowest BCUT2D eigenvalue weighted by molar-refractivity contribution is -0.142. The summed E-state index contributed by atoms with van der Waals surface area (Å²) in [5.74, 6) is -1.43. The Hall–Kier alpha value is -3.02. The van der Waals surface area contributed by atoms with Crippen LogP contribution in [-0.4, -0.2) is 34.1 Å². The van der Waals surface area contributed by atoms with Crippen molar-refractivity contribution in [3.63, 3.8) is 0 Å².